The molecule has 3 aromatic carbocycles. The van der Waals surface area contributed by atoms with Crippen LogP contribution in [-0.2, 0) is 32.6 Å². The number of amides is 2. The first-order valence-corrected chi connectivity index (χ1v) is 16.2. The molecular weight excluding hydrogens is 574 g/mol. The van der Waals surface area contributed by atoms with Crippen LogP contribution in [0.5, 0.6) is 5.75 Å². The highest BCUT2D eigenvalue weighted by atomic mass is 35.5. The molecule has 0 saturated carbocycles. The lowest BCUT2D eigenvalue weighted by Gasteiger charge is -2.32. The summed E-state index contributed by atoms with van der Waals surface area (Å²) in [6.45, 7) is 4.78. The third-order valence-electron chi connectivity index (χ3n) is 6.73. The number of nitrogens with zero attached hydrogens (tertiary/aromatic N) is 2. The van der Waals surface area contributed by atoms with E-state index in [9.17, 15) is 18.0 Å². The molecule has 3 rings (SSSR count). The van der Waals surface area contributed by atoms with E-state index in [0.29, 0.717) is 29.4 Å². The van der Waals surface area contributed by atoms with E-state index >= 15 is 0 Å². The van der Waals surface area contributed by atoms with Crippen molar-refractivity contribution in [2.45, 2.75) is 45.7 Å². The molecule has 0 aliphatic heterocycles. The fourth-order valence-corrected chi connectivity index (χ4v) is 5.68. The van der Waals surface area contributed by atoms with Crippen LogP contribution in [0.25, 0.3) is 0 Å². The van der Waals surface area contributed by atoms with Gasteiger partial charge in [-0.05, 0) is 47.7 Å². The van der Waals surface area contributed by atoms with E-state index in [1.165, 1.54) is 11.4 Å². The molecule has 0 heterocycles. The second-order valence-electron chi connectivity index (χ2n) is 10.6. The monoisotopic (exact) mass is 613 g/mol. The molecular formula is C32H40ClN3O5S. The molecule has 2 amide bonds. The minimum Gasteiger partial charge on any atom is -0.495 e. The van der Waals surface area contributed by atoms with E-state index in [-0.39, 0.29) is 43.7 Å². The van der Waals surface area contributed by atoms with Gasteiger partial charge in [0.25, 0.3) is 0 Å². The second kappa shape index (κ2) is 15.6. The van der Waals surface area contributed by atoms with Gasteiger partial charge in [-0.3, -0.25) is 13.9 Å². The molecule has 0 fully saturated rings. The van der Waals surface area contributed by atoms with Crippen LogP contribution in [0.1, 0.15) is 37.8 Å². The quantitative estimate of drug-likeness (QED) is 0.251. The lowest BCUT2D eigenvalue weighted by molar-refractivity contribution is -0.141. The van der Waals surface area contributed by atoms with Gasteiger partial charge in [0.2, 0.25) is 21.8 Å². The highest BCUT2D eigenvalue weighted by Gasteiger charge is 2.31. The largest absolute Gasteiger partial charge is 0.495 e. The lowest BCUT2D eigenvalue weighted by Crippen LogP contribution is -2.51. The molecule has 42 heavy (non-hydrogen) atoms. The number of anilines is 1. The minimum atomic E-state index is -3.66. The van der Waals surface area contributed by atoms with Crippen LogP contribution >= 0.6 is 11.6 Å². The van der Waals surface area contributed by atoms with Crippen molar-refractivity contribution in [1.29, 1.82) is 0 Å². The maximum Gasteiger partial charge on any atom is 0.243 e. The van der Waals surface area contributed by atoms with E-state index in [1.807, 2.05) is 56.3 Å². The zero-order valence-electron chi connectivity index (χ0n) is 24.6. The molecule has 8 nitrogen and oxygen atoms in total. The molecule has 0 aromatic heterocycles. The summed E-state index contributed by atoms with van der Waals surface area (Å²) in [6, 6.07) is 22.8. The van der Waals surface area contributed by atoms with Crippen LogP contribution in [0.3, 0.4) is 0 Å². The maximum atomic E-state index is 13.9. The Labute approximate surface area is 254 Å². The number of ether oxygens (including phenoxy) is 1. The highest BCUT2D eigenvalue weighted by molar-refractivity contribution is 7.92. The molecule has 1 N–H and O–H groups in total. The van der Waals surface area contributed by atoms with Crippen LogP contribution in [0.15, 0.2) is 78.9 Å². The van der Waals surface area contributed by atoms with Crippen molar-refractivity contribution >= 4 is 39.1 Å². The highest BCUT2D eigenvalue weighted by Crippen LogP contribution is 2.30. The van der Waals surface area contributed by atoms with Gasteiger partial charge < -0.3 is 15.0 Å². The number of sulfonamides is 1. The van der Waals surface area contributed by atoms with Crippen LogP contribution in [-0.4, -0.2) is 57.6 Å². The summed E-state index contributed by atoms with van der Waals surface area (Å²) in [6.07, 6.45) is 1.74. The Kier molecular flexibility index (Phi) is 12.2. The van der Waals surface area contributed by atoms with Crippen molar-refractivity contribution < 1.29 is 22.7 Å². The van der Waals surface area contributed by atoms with Crippen molar-refractivity contribution in [1.82, 2.24) is 10.2 Å². The molecule has 0 spiro atoms. The Morgan fingerprint density at radius 1 is 0.929 bits per heavy atom. The molecule has 0 aliphatic rings. The van der Waals surface area contributed by atoms with Crippen molar-refractivity contribution in [3.63, 3.8) is 0 Å². The smallest absolute Gasteiger partial charge is 0.243 e. The van der Waals surface area contributed by atoms with E-state index in [0.717, 1.165) is 17.4 Å². The van der Waals surface area contributed by atoms with Crippen molar-refractivity contribution in [2.75, 3.05) is 30.8 Å². The van der Waals surface area contributed by atoms with Gasteiger partial charge in [-0.2, -0.15) is 0 Å². The summed E-state index contributed by atoms with van der Waals surface area (Å²) < 4.78 is 32.1. The van der Waals surface area contributed by atoms with Gasteiger partial charge in [0.15, 0.2) is 0 Å². The van der Waals surface area contributed by atoms with Gasteiger partial charge in [-0.25, -0.2) is 8.42 Å². The van der Waals surface area contributed by atoms with Gasteiger partial charge in [-0.1, -0.05) is 80.0 Å². The zero-order chi connectivity index (χ0) is 30.7. The maximum absolute atomic E-state index is 13.9. The predicted molar refractivity (Wildman–Crippen MR) is 168 cm³/mol. The first-order chi connectivity index (χ1) is 20.0. The summed E-state index contributed by atoms with van der Waals surface area (Å²) in [5, 5.41) is 3.58. The topological polar surface area (TPSA) is 96.0 Å². The second-order valence-corrected chi connectivity index (χ2v) is 12.9. The molecule has 0 saturated heterocycles. The fraction of sp³-hybridized carbons (Fsp3) is 0.375. The predicted octanol–water partition coefficient (Wildman–Crippen LogP) is 5.31. The Balaban J connectivity index is 1.89. The average Bonchev–Trinajstić information content (AvgIpc) is 2.96. The number of rotatable bonds is 15. The Morgan fingerprint density at radius 3 is 2.19 bits per heavy atom. The number of para-hydroxylation sites is 2. The number of methoxy groups -OCH3 is 1. The Hall–Kier alpha value is -3.56. The summed E-state index contributed by atoms with van der Waals surface area (Å²) in [4.78, 5) is 29.1. The number of carbonyl (C=O) groups excluding carboxylic acids is 2. The normalized spacial score (nSPS) is 12.0. The molecule has 10 heteroatoms. The average molecular weight is 614 g/mol. The summed E-state index contributed by atoms with van der Waals surface area (Å²) >= 11 is 6.10. The van der Waals surface area contributed by atoms with Gasteiger partial charge in [0.1, 0.15) is 11.8 Å². The van der Waals surface area contributed by atoms with Crippen molar-refractivity contribution in [3.8, 4) is 5.75 Å². The SMILES string of the molecule is COc1ccccc1N(CCCC(=O)N(Cc1ccc(Cl)cc1)[C@H](Cc1ccccc1)C(=O)NCC(C)C)S(C)(=O)=O. The standard InChI is InChI=1S/C32H40ClN3O5S/c1-24(2)22-34-32(38)29(21-25-11-6-5-7-12-25)35(23-26-16-18-27(33)19-17-26)31(37)15-10-20-36(42(4,39)40)28-13-8-9-14-30(28)41-3/h5-9,11-14,16-19,24,29H,10,15,20-23H2,1-4H3,(H,34,38)/t29-/m1/s1. The number of hydrogen-bond donors (Lipinski definition) is 1. The Bertz CT molecular complexity index is 1420. The molecule has 1 atom stereocenters. The van der Waals surface area contributed by atoms with Crippen LogP contribution < -0.4 is 14.4 Å². The summed E-state index contributed by atoms with van der Waals surface area (Å²) in [5.74, 6) is 0.174. The number of nitrogens with one attached hydrogen (secondary N) is 1. The first-order valence-electron chi connectivity index (χ1n) is 14.0. The van der Waals surface area contributed by atoms with Crippen molar-refractivity contribution in [2.24, 2.45) is 5.92 Å². The van der Waals surface area contributed by atoms with Crippen LogP contribution in [0.4, 0.5) is 5.69 Å². The first kappa shape index (κ1) is 32.9. The Morgan fingerprint density at radius 2 is 1.57 bits per heavy atom. The van der Waals surface area contributed by atoms with Crippen molar-refractivity contribution in [3.05, 3.63) is 95.0 Å². The molecule has 0 aliphatic carbocycles. The number of benzene rings is 3. The fourth-order valence-electron chi connectivity index (χ4n) is 4.58. The molecule has 226 valence electrons. The number of carbonyl (C=O) groups is 2. The van der Waals surface area contributed by atoms with Gasteiger partial charge in [0, 0.05) is 37.5 Å². The van der Waals surface area contributed by atoms with Crippen LogP contribution in [0, 0.1) is 5.92 Å². The van der Waals surface area contributed by atoms with E-state index < -0.39 is 16.1 Å². The molecule has 3 aromatic rings. The van der Waals surface area contributed by atoms with E-state index in [4.69, 9.17) is 16.3 Å². The zero-order valence-corrected chi connectivity index (χ0v) is 26.2. The van der Waals surface area contributed by atoms with Gasteiger partial charge >= 0.3 is 0 Å². The van der Waals surface area contributed by atoms with Gasteiger partial charge in [-0.15, -0.1) is 0 Å². The molecule has 0 radical (unpaired) electrons. The lowest BCUT2D eigenvalue weighted by atomic mass is 10.0. The number of halogens is 1. The minimum absolute atomic E-state index is 0.0392. The van der Waals surface area contributed by atoms with E-state index in [1.54, 1.807) is 41.3 Å². The molecule has 0 bridgehead atoms. The summed E-state index contributed by atoms with van der Waals surface area (Å²) in [5.41, 5.74) is 2.16. The number of hydrogen-bond acceptors (Lipinski definition) is 5. The van der Waals surface area contributed by atoms with Crippen LogP contribution in [0.2, 0.25) is 5.02 Å². The molecule has 0 unspecified atom stereocenters. The third kappa shape index (κ3) is 9.77. The summed E-state index contributed by atoms with van der Waals surface area (Å²) in [7, 11) is -2.17. The van der Waals surface area contributed by atoms with E-state index in [2.05, 4.69) is 5.32 Å². The third-order valence-corrected chi connectivity index (χ3v) is 8.16. The van der Waals surface area contributed by atoms with Gasteiger partial charge in [0.05, 0.1) is 19.1 Å².